The lowest BCUT2D eigenvalue weighted by molar-refractivity contribution is -0.384. The predicted octanol–water partition coefficient (Wildman–Crippen LogP) is 1.24. The number of H-pyrrole nitrogens is 1. The van der Waals surface area contributed by atoms with Gasteiger partial charge in [0.15, 0.2) is 0 Å². The Morgan fingerprint density at radius 1 is 1.41 bits per heavy atom. The normalized spacial score (nSPS) is 19.4. The first-order valence-corrected chi connectivity index (χ1v) is 8.68. The zero-order valence-corrected chi connectivity index (χ0v) is 12.6. The van der Waals surface area contributed by atoms with Gasteiger partial charge in [-0.25, -0.2) is 13.4 Å². The number of aromatic nitrogens is 2. The zero-order chi connectivity index (χ0) is 15.7. The fourth-order valence-electron chi connectivity index (χ4n) is 2.69. The van der Waals surface area contributed by atoms with Crippen molar-refractivity contribution in [2.45, 2.75) is 18.0 Å². The predicted molar refractivity (Wildman–Crippen MR) is 80.4 cm³/mol. The number of sulfone groups is 1. The fraction of sp³-hybridized carbons (Fsp3) is 0.462. The number of non-ortho nitro benzene ring substituents is 1. The summed E-state index contributed by atoms with van der Waals surface area (Å²) in [5.74, 6) is 0.100. The SMILES string of the molecule is O=[N+]([O-])c1ccc2nc(S(=O)(=O)C[C@@H]3CCCNC3)[nH]c2c1. The lowest BCUT2D eigenvalue weighted by atomic mass is 10.0. The van der Waals surface area contributed by atoms with Gasteiger partial charge in [0, 0.05) is 12.1 Å². The highest BCUT2D eigenvalue weighted by Crippen LogP contribution is 2.22. The van der Waals surface area contributed by atoms with Crippen LogP contribution in [0.4, 0.5) is 5.69 Å². The molecule has 1 atom stereocenters. The number of piperidine rings is 1. The molecule has 2 heterocycles. The van der Waals surface area contributed by atoms with Crippen LogP contribution in [0, 0.1) is 16.0 Å². The molecule has 0 spiro atoms. The van der Waals surface area contributed by atoms with Gasteiger partial charge in [0.1, 0.15) is 0 Å². The Labute approximate surface area is 127 Å². The molecule has 118 valence electrons. The highest BCUT2D eigenvalue weighted by molar-refractivity contribution is 7.91. The standard InChI is InChI=1S/C13H16N4O4S/c18-17(19)10-3-4-11-12(6-10)16-13(15-11)22(20,21)8-9-2-1-5-14-7-9/h3-4,6,9,14H,1-2,5,7-8H2,(H,15,16)/t9-/m1/s1. The van der Waals surface area contributed by atoms with Crippen LogP contribution in [0.25, 0.3) is 11.0 Å². The Balaban J connectivity index is 1.89. The molecule has 1 fully saturated rings. The van der Waals surface area contributed by atoms with Gasteiger partial charge in [-0.2, -0.15) is 0 Å². The van der Waals surface area contributed by atoms with Gasteiger partial charge in [-0.1, -0.05) is 0 Å². The van der Waals surface area contributed by atoms with Crippen molar-refractivity contribution in [2.75, 3.05) is 18.8 Å². The molecule has 0 unspecified atom stereocenters. The molecule has 8 nitrogen and oxygen atoms in total. The van der Waals surface area contributed by atoms with E-state index in [9.17, 15) is 18.5 Å². The molecule has 1 aliphatic heterocycles. The van der Waals surface area contributed by atoms with Crippen molar-refractivity contribution >= 4 is 26.6 Å². The molecule has 22 heavy (non-hydrogen) atoms. The van der Waals surface area contributed by atoms with E-state index in [0.29, 0.717) is 17.6 Å². The minimum absolute atomic E-state index is 0.0297. The largest absolute Gasteiger partial charge is 0.329 e. The first-order chi connectivity index (χ1) is 10.5. The lowest BCUT2D eigenvalue weighted by Crippen LogP contribution is -2.34. The summed E-state index contributed by atoms with van der Waals surface area (Å²) in [6.07, 6.45) is 1.84. The summed E-state index contributed by atoms with van der Waals surface area (Å²) >= 11 is 0. The molecule has 1 aromatic carbocycles. The Morgan fingerprint density at radius 2 is 2.23 bits per heavy atom. The summed E-state index contributed by atoms with van der Waals surface area (Å²) in [5, 5.41) is 13.8. The van der Waals surface area contributed by atoms with Crippen LogP contribution in [-0.4, -0.2) is 42.2 Å². The molecule has 0 saturated carbocycles. The van der Waals surface area contributed by atoms with Crippen molar-refractivity contribution < 1.29 is 13.3 Å². The van der Waals surface area contributed by atoms with Crippen LogP contribution in [0.5, 0.6) is 0 Å². The number of nitro benzene ring substituents is 1. The van der Waals surface area contributed by atoms with Gasteiger partial charge in [-0.15, -0.1) is 0 Å². The van der Waals surface area contributed by atoms with Crippen LogP contribution in [0.15, 0.2) is 23.4 Å². The Hall–Kier alpha value is -2.00. The van der Waals surface area contributed by atoms with Crippen molar-refractivity contribution in [2.24, 2.45) is 5.92 Å². The van der Waals surface area contributed by atoms with Crippen LogP contribution in [0.2, 0.25) is 0 Å². The van der Waals surface area contributed by atoms with E-state index >= 15 is 0 Å². The topological polar surface area (TPSA) is 118 Å². The lowest BCUT2D eigenvalue weighted by Gasteiger charge is -2.21. The molecule has 2 aromatic rings. The molecule has 0 aliphatic carbocycles. The summed E-state index contributed by atoms with van der Waals surface area (Å²) < 4.78 is 24.9. The van der Waals surface area contributed by atoms with E-state index in [4.69, 9.17) is 0 Å². The number of nitrogens with one attached hydrogen (secondary N) is 2. The van der Waals surface area contributed by atoms with Crippen molar-refractivity contribution in [3.8, 4) is 0 Å². The highest BCUT2D eigenvalue weighted by Gasteiger charge is 2.26. The number of rotatable bonds is 4. The Bertz CT molecular complexity index is 809. The monoisotopic (exact) mass is 324 g/mol. The first kappa shape index (κ1) is 14.9. The molecular formula is C13H16N4O4S. The number of aromatic amines is 1. The van der Waals surface area contributed by atoms with E-state index in [1.54, 1.807) is 0 Å². The van der Waals surface area contributed by atoms with Gasteiger partial charge in [0.05, 0.1) is 21.7 Å². The average Bonchev–Trinajstić information content (AvgIpc) is 2.91. The minimum Gasteiger partial charge on any atom is -0.329 e. The number of benzene rings is 1. The third-order valence-electron chi connectivity index (χ3n) is 3.80. The van der Waals surface area contributed by atoms with Gasteiger partial charge in [-0.3, -0.25) is 10.1 Å². The second-order valence-electron chi connectivity index (χ2n) is 5.49. The maximum Gasteiger partial charge on any atom is 0.271 e. The third kappa shape index (κ3) is 2.95. The highest BCUT2D eigenvalue weighted by atomic mass is 32.2. The molecule has 1 saturated heterocycles. The van der Waals surface area contributed by atoms with E-state index in [1.165, 1.54) is 18.2 Å². The maximum atomic E-state index is 12.4. The fourth-order valence-corrected chi connectivity index (χ4v) is 4.26. The number of nitro groups is 1. The second-order valence-corrected chi connectivity index (χ2v) is 7.44. The van der Waals surface area contributed by atoms with E-state index in [1.807, 2.05) is 0 Å². The molecule has 1 aromatic heterocycles. The summed E-state index contributed by atoms with van der Waals surface area (Å²) in [7, 11) is -3.53. The van der Waals surface area contributed by atoms with Crippen LogP contribution < -0.4 is 5.32 Å². The van der Waals surface area contributed by atoms with Gasteiger partial charge in [0.25, 0.3) is 5.69 Å². The molecule has 1 aliphatic rings. The third-order valence-corrected chi connectivity index (χ3v) is 5.50. The molecule has 0 amide bonds. The van der Waals surface area contributed by atoms with Crippen molar-refractivity contribution in [1.29, 1.82) is 0 Å². The summed E-state index contributed by atoms with van der Waals surface area (Å²) in [6.45, 7) is 1.61. The average molecular weight is 324 g/mol. The summed E-state index contributed by atoms with van der Waals surface area (Å²) in [4.78, 5) is 17.0. The number of imidazole rings is 1. The number of hydrogen-bond acceptors (Lipinski definition) is 6. The van der Waals surface area contributed by atoms with E-state index < -0.39 is 14.8 Å². The Kier molecular flexibility index (Phi) is 3.83. The molecule has 0 radical (unpaired) electrons. The maximum absolute atomic E-state index is 12.4. The van der Waals surface area contributed by atoms with Crippen molar-refractivity contribution in [3.63, 3.8) is 0 Å². The van der Waals surface area contributed by atoms with E-state index in [0.717, 1.165) is 19.4 Å². The zero-order valence-electron chi connectivity index (χ0n) is 11.8. The van der Waals surface area contributed by atoms with Gasteiger partial charge in [0.2, 0.25) is 15.0 Å². The number of hydrogen-bond donors (Lipinski definition) is 2. The smallest absolute Gasteiger partial charge is 0.271 e. The van der Waals surface area contributed by atoms with E-state index in [-0.39, 0.29) is 22.5 Å². The molecule has 2 N–H and O–H groups in total. The van der Waals surface area contributed by atoms with Crippen LogP contribution in [0.1, 0.15) is 12.8 Å². The number of fused-ring (bicyclic) bond motifs is 1. The quantitative estimate of drug-likeness (QED) is 0.645. The minimum atomic E-state index is -3.53. The molecule has 9 heteroatoms. The van der Waals surface area contributed by atoms with Crippen LogP contribution in [-0.2, 0) is 9.84 Å². The van der Waals surface area contributed by atoms with Crippen LogP contribution in [0.3, 0.4) is 0 Å². The van der Waals surface area contributed by atoms with Gasteiger partial charge < -0.3 is 10.3 Å². The van der Waals surface area contributed by atoms with E-state index in [2.05, 4.69) is 15.3 Å². The molecule has 0 bridgehead atoms. The van der Waals surface area contributed by atoms with Crippen molar-refractivity contribution in [3.05, 3.63) is 28.3 Å². The Morgan fingerprint density at radius 3 is 2.91 bits per heavy atom. The van der Waals surface area contributed by atoms with Crippen LogP contribution >= 0.6 is 0 Å². The molecular weight excluding hydrogens is 308 g/mol. The summed E-state index contributed by atoms with van der Waals surface area (Å²) in [6, 6.07) is 4.05. The summed E-state index contributed by atoms with van der Waals surface area (Å²) in [5.41, 5.74) is 0.664. The van der Waals surface area contributed by atoms with Gasteiger partial charge in [-0.05, 0) is 37.9 Å². The molecule has 3 rings (SSSR count). The number of nitrogens with zero attached hydrogens (tertiary/aromatic N) is 2. The first-order valence-electron chi connectivity index (χ1n) is 7.03. The second kappa shape index (κ2) is 5.65. The van der Waals surface area contributed by atoms with Crippen molar-refractivity contribution in [1.82, 2.24) is 15.3 Å². The van der Waals surface area contributed by atoms with Gasteiger partial charge >= 0.3 is 0 Å².